The summed E-state index contributed by atoms with van der Waals surface area (Å²) in [5.74, 6) is 0.428. The Kier molecular flexibility index (Phi) is 4.95. The van der Waals surface area contributed by atoms with Gasteiger partial charge in [0.1, 0.15) is 0 Å². The quantitative estimate of drug-likeness (QED) is 0.766. The molecule has 0 radical (unpaired) electrons. The fourth-order valence-electron chi connectivity index (χ4n) is 2.88. The third-order valence-electron chi connectivity index (χ3n) is 3.30. The SMILES string of the molecule is CNC1CC(CC(C)(C)C)CN(CC(N)=O)C1. The lowest BCUT2D eigenvalue weighted by molar-refractivity contribution is -0.119. The molecule has 1 rings (SSSR count). The summed E-state index contributed by atoms with van der Waals surface area (Å²) in [6, 6.07) is 0.482. The molecular formula is C13H27N3O. The van der Waals surface area contributed by atoms with Crippen molar-refractivity contribution in [3.8, 4) is 0 Å². The maximum absolute atomic E-state index is 11.0. The zero-order chi connectivity index (χ0) is 13.1. The number of hydrogen-bond acceptors (Lipinski definition) is 3. The average molecular weight is 241 g/mol. The van der Waals surface area contributed by atoms with E-state index in [-0.39, 0.29) is 5.91 Å². The van der Waals surface area contributed by atoms with Gasteiger partial charge in [-0.2, -0.15) is 0 Å². The van der Waals surface area contributed by atoms with Crippen LogP contribution in [0.1, 0.15) is 33.6 Å². The molecule has 1 aliphatic heterocycles. The van der Waals surface area contributed by atoms with Gasteiger partial charge in [-0.15, -0.1) is 0 Å². The third kappa shape index (κ3) is 5.50. The molecule has 1 aliphatic rings. The average Bonchev–Trinajstić information content (AvgIpc) is 2.13. The van der Waals surface area contributed by atoms with Gasteiger partial charge in [0, 0.05) is 19.1 Å². The molecule has 1 saturated heterocycles. The van der Waals surface area contributed by atoms with Gasteiger partial charge in [0.25, 0.3) is 0 Å². The molecule has 0 aromatic carbocycles. The molecule has 2 atom stereocenters. The Hall–Kier alpha value is -0.610. The van der Waals surface area contributed by atoms with Crippen LogP contribution in [0.15, 0.2) is 0 Å². The number of rotatable bonds is 4. The van der Waals surface area contributed by atoms with E-state index in [0.29, 0.717) is 23.9 Å². The van der Waals surface area contributed by atoms with Crippen molar-refractivity contribution >= 4 is 5.91 Å². The second-order valence-electron chi connectivity index (χ2n) is 6.51. The minimum atomic E-state index is -0.226. The molecule has 0 saturated carbocycles. The summed E-state index contributed by atoms with van der Waals surface area (Å²) < 4.78 is 0. The van der Waals surface area contributed by atoms with Crippen LogP contribution in [0.3, 0.4) is 0 Å². The van der Waals surface area contributed by atoms with Crippen molar-refractivity contribution in [2.75, 3.05) is 26.7 Å². The van der Waals surface area contributed by atoms with E-state index in [0.717, 1.165) is 13.1 Å². The van der Waals surface area contributed by atoms with Crippen LogP contribution in [0, 0.1) is 11.3 Å². The predicted octanol–water partition coefficient (Wildman–Crippen LogP) is 0.818. The largest absolute Gasteiger partial charge is 0.369 e. The first-order valence-corrected chi connectivity index (χ1v) is 6.48. The highest BCUT2D eigenvalue weighted by Gasteiger charge is 2.29. The summed E-state index contributed by atoms with van der Waals surface area (Å²) in [5, 5.41) is 3.33. The third-order valence-corrected chi connectivity index (χ3v) is 3.30. The zero-order valence-corrected chi connectivity index (χ0v) is 11.6. The minimum Gasteiger partial charge on any atom is -0.369 e. The molecule has 4 heteroatoms. The predicted molar refractivity (Wildman–Crippen MR) is 70.7 cm³/mol. The highest BCUT2D eigenvalue weighted by molar-refractivity contribution is 5.75. The zero-order valence-electron chi connectivity index (χ0n) is 11.6. The van der Waals surface area contributed by atoms with Crippen LogP contribution in [0.25, 0.3) is 0 Å². The second kappa shape index (κ2) is 5.83. The van der Waals surface area contributed by atoms with Crippen molar-refractivity contribution in [1.82, 2.24) is 10.2 Å². The van der Waals surface area contributed by atoms with Crippen LogP contribution < -0.4 is 11.1 Å². The molecule has 1 fully saturated rings. The number of likely N-dealkylation sites (N-methyl/N-ethyl adjacent to an activating group) is 1. The Labute approximate surface area is 105 Å². The van der Waals surface area contributed by atoms with Gasteiger partial charge < -0.3 is 11.1 Å². The lowest BCUT2D eigenvalue weighted by Gasteiger charge is -2.39. The van der Waals surface area contributed by atoms with E-state index in [1.54, 1.807) is 0 Å². The maximum atomic E-state index is 11.0. The molecular weight excluding hydrogens is 214 g/mol. The monoisotopic (exact) mass is 241 g/mol. The highest BCUT2D eigenvalue weighted by Crippen LogP contribution is 2.30. The smallest absolute Gasteiger partial charge is 0.231 e. The van der Waals surface area contributed by atoms with Crippen LogP contribution in [0.2, 0.25) is 0 Å². The Balaban J connectivity index is 2.57. The number of piperidine rings is 1. The molecule has 1 amide bonds. The Morgan fingerprint density at radius 1 is 1.41 bits per heavy atom. The van der Waals surface area contributed by atoms with Crippen molar-refractivity contribution in [2.24, 2.45) is 17.1 Å². The Bertz CT molecular complexity index is 260. The molecule has 3 N–H and O–H groups in total. The summed E-state index contributed by atoms with van der Waals surface area (Å²) in [7, 11) is 1.99. The number of hydrogen-bond donors (Lipinski definition) is 2. The van der Waals surface area contributed by atoms with E-state index >= 15 is 0 Å². The number of primary amides is 1. The number of nitrogens with two attached hydrogens (primary N) is 1. The van der Waals surface area contributed by atoms with Crippen LogP contribution in [0.4, 0.5) is 0 Å². The maximum Gasteiger partial charge on any atom is 0.231 e. The molecule has 4 nitrogen and oxygen atoms in total. The van der Waals surface area contributed by atoms with Gasteiger partial charge >= 0.3 is 0 Å². The number of carbonyl (C=O) groups excluding carboxylic acids is 1. The normalized spacial score (nSPS) is 27.1. The summed E-state index contributed by atoms with van der Waals surface area (Å²) in [6.07, 6.45) is 2.39. The lowest BCUT2D eigenvalue weighted by Crippen LogP contribution is -2.51. The van der Waals surface area contributed by atoms with Crippen molar-refractivity contribution < 1.29 is 4.79 Å². The molecule has 0 aromatic rings. The van der Waals surface area contributed by atoms with E-state index in [1.807, 2.05) is 7.05 Å². The summed E-state index contributed by atoms with van der Waals surface area (Å²) >= 11 is 0. The van der Waals surface area contributed by atoms with E-state index in [9.17, 15) is 4.79 Å². The molecule has 0 aliphatic carbocycles. The Morgan fingerprint density at radius 2 is 2.06 bits per heavy atom. The van der Waals surface area contributed by atoms with Gasteiger partial charge in [0.2, 0.25) is 5.91 Å². The topological polar surface area (TPSA) is 58.4 Å². The first-order valence-electron chi connectivity index (χ1n) is 6.48. The van der Waals surface area contributed by atoms with Crippen LogP contribution in [0.5, 0.6) is 0 Å². The first kappa shape index (κ1) is 14.5. The second-order valence-corrected chi connectivity index (χ2v) is 6.51. The summed E-state index contributed by atoms with van der Waals surface area (Å²) in [5.41, 5.74) is 5.63. The Morgan fingerprint density at radius 3 is 2.53 bits per heavy atom. The van der Waals surface area contributed by atoms with Crippen LogP contribution in [-0.4, -0.2) is 43.5 Å². The van der Waals surface area contributed by atoms with Gasteiger partial charge in [0.05, 0.1) is 6.54 Å². The summed E-state index contributed by atoms with van der Waals surface area (Å²) in [4.78, 5) is 13.2. The van der Waals surface area contributed by atoms with E-state index < -0.39 is 0 Å². The number of likely N-dealkylation sites (tertiary alicyclic amines) is 1. The van der Waals surface area contributed by atoms with Gasteiger partial charge in [-0.1, -0.05) is 20.8 Å². The van der Waals surface area contributed by atoms with Gasteiger partial charge in [-0.3, -0.25) is 9.69 Å². The molecule has 1 heterocycles. The van der Waals surface area contributed by atoms with E-state index in [1.165, 1.54) is 12.8 Å². The molecule has 2 unspecified atom stereocenters. The van der Waals surface area contributed by atoms with E-state index in [4.69, 9.17) is 5.73 Å². The number of nitrogens with zero attached hydrogens (tertiary/aromatic N) is 1. The van der Waals surface area contributed by atoms with Crippen molar-refractivity contribution in [2.45, 2.75) is 39.7 Å². The van der Waals surface area contributed by atoms with Gasteiger partial charge in [-0.25, -0.2) is 0 Å². The molecule has 0 aromatic heterocycles. The molecule has 17 heavy (non-hydrogen) atoms. The molecule has 0 spiro atoms. The molecule has 100 valence electrons. The van der Waals surface area contributed by atoms with Crippen LogP contribution in [-0.2, 0) is 4.79 Å². The summed E-state index contributed by atoms with van der Waals surface area (Å²) in [6.45, 7) is 9.13. The van der Waals surface area contributed by atoms with Gasteiger partial charge in [0.15, 0.2) is 0 Å². The number of nitrogens with one attached hydrogen (secondary N) is 1. The fourth-order valence-corrected chi connectivity index (χ4v) is 2.88. The standard InChI is InChI=1S/C13H27N3O/c1-13(2,3)6-10-5-11(15-4)8-16(7-10)9-12(14)17/h10-11,15H,5-9H2,1-4H3,(H2,14,17). The number of amides is 1. The van der Waals surface area contributed by atoms with E-state index in [2.05, 4.69) is 31.0 Å². The first-order chi connectivity index (χ1) is 7.80. The highest BCUT2D eigenvalue weighted by atomic mass is 16.1. The minimum absolute atomic E-state index is 0.226. The van der Waals surface area contributed by atoms with Crippen molar-refractivity contribution in [3.63, 3.8) is 0 Å². The van der Waals surface area contributed by atoms with Crippen molar-refractivity contribution in [1.29, 1.82) is 0 Å². The van der Waals surface area contributed by atoms with Crippen LogP contribution >= 0.6 is 0 Å². The molecule has 0 bridgehead atoms. The fraction of sp³-hybridized carbons (Fsp3) is 0.923. The lowest BCUT2D eigenvalue weighted by atomic mass is 9.80. The number of carbonyl (C=O) groups is 1. The van der Waals surface area contributed by atoms with Gasteiger partial charge in [-0.05, 0) is 31.2 Å². The van der Waals surface area contributed by atoms with Crippen molar-refractivity contribution in [3.05, 3.63) is 0 Å².